The lowest BCUT2D eigenvalue weighted by molar-refractivity contribution is -0.121. The van der Waals surface area contributed by atoms with E-state index < -0.39 is 6.09 Å². The Labute approximate surface area is 150 Å². The number of hydrogen-bond acceptors (Lipinski definition) is 4. The highest BCUT2D eigenvalue weighted by Gasteiger charge is 2.33. The molecular formula is C17H19ClN4O3. The van der Waals surface area contributed by atoms with E-state index in [4.69, 9.17) is 16.3 Å². The van der Waals surface area contributed by atoms with Gasteiger partial charge in [0.25, 0.3) is 0 Å². The van der Waals surface area contributed by atoms with E-state index in [1.54, 1.807) is 36.1 Å². The number of nitrogens with one attached hydrogen (secondary N) is 1. The lowest BCUT2D eigenvalue weighted by Crippen LogP contribution is -2.35. The Balaban J connectivity index is 1.44. The summed E-state index contributed by atoms with van der Waals surface area (Å²) in [5.74, 6) is 0.589. The van der Waals surface area contributed by atoms with Gasteiger partial charge >= 0.3 is 6.09 Å². The van der Waals surface area contributed by atoms with Gasteiger partial charge in [-0.2, -0.15) is 5.10 Å². The molecule has 1 N–H and O–H groups in total. The molecule has 2 aromatic rings. The van der Waals surface area contributed by atoms with Crippen LogP contribution < -0.4 is 10.2 Å². The molecule has 25 heavy (non-hydrogen) atoms. The molecule has 8 heteroatoms. The van der Waals surface area contributed by atoms with Gasteiger partial charge in [-0.15, -0.1) is 0 Å². The number of rotatable bonds is 6. The van der Waals surface area contributed by atoms with Crippen LogP contribution in [0.2, 0.25) is 5.02 Å². The summed E-state index contributed by atoms with van der Waals surface area (Å²) < 4.78 is 6.90. The molecule has 7 nitrogen and oxygen atoms in total. The van der Waals surface area contributed by atoms with Crippen LogP contribution in [0.3, 0.4) is 0 Å². The van der Waals surface area contributed by atoms with Crippen molar-refractivity contribution in [2.24, 2.45) is 7.05 Å². The number of cyclic esters (lactones) is 1. The van der Waals surface area contributed by atoms with Crippen molar-refractivity contribution in [3.8, 4) is 0 Å². The monoisotopic (exact) mass is 362 g/mol. The van der Waals surface area contributed by atoms with E-state index in [2.05, 4.69) is 10.4 Å². The van der Waals surface area contributed by atoms with Crippen molar-refractivity contribution in [3.63, 3.8) is 0 Å². The topological polar surface area (TPSA) is 76.5 Å². The molecule has 0 radical (unpaired) electrons. The summed E-state index contributed by atoms with van der Waals surface area (Å²) in [5.41, 5.74) is 1.05. The zero-order chi connectivity index (χ0) is 17.8. The third-order valence-electron chi connectivity index (χ3n) is 4.03. The Kier molecular flexibility index (Phi) is 5.23. The van der Waals surface area contributed by atoms with Crippen LogP contribution in [-0.4, -0.2) is 41.0 Å². The molecule has 1 aliphatic rings. The summed E-state index contributed by atoms with van der Waals surface area (Å²) in [6.07, 6.45) is 1.82. The number of ether oxygens (including phenoxy) is 1. The highest BCUT2D eigenvalue weighted by molar-refractivity contribution is 6.30. The second-order valence-electron chi connectivity index (χ2n) is 5.86. The Hall–Kier alpha value is -2.54. The van der Waals surface area contributed by atoms with Crippen LogP contribution in [0.4, 0.5) is 10.6 Å². The molecule has 1 fully saturated rings. The number of nitrogens with zero attached hydrogens (tertiary/aromatic N) is 3. The lowest BCUT2D eigenvalue weighted by Gasteiger charge is -2.12. The quantitative estimate of drug-likeness (QED) is 0.854. The van der Waals surface area contributed by atoms with E-state index in [1.165, 1.54) is 4.90 Å². The van der Waals surface area contributed by atoms with Gasteiger partial charge in [-0.1, -0.05) is 23.7 Å². The van der Waals surface area contributed by atoms with Crippen LogP contribution in [-0.2, 0) is 23.0 Å². The van der Waals surface area contributed by atoms with Crippen LogP contribution in [0.15, 0.2) is 36.5 Å². The fourth-order valence-electron chi connectivity index (χ4n) is 2.67. The molecule has 0 aliphatic carbocycles. The molecule has 132 valence electrons. The first-order valence-electron chi connectivity index (χ1n) is 8.00. The Morgan fingerprint density at radius 3 is 2.80 bits per heavy atom. The lowest BCUT2D eigenvalue weighted by atomic mass is 10.1. The molecule has 0 saturated carbocycles. The molecule has 1 aromatic carbocycles. The van der Waals surface area contributed by atoms with Gasteiger partial charge in [0.15, 0.2) is 0 Å². The zero-order valence-electron chi connectivity index (χ0n) is 13.8. The minimum atomic E-state index is -0.427. The number of aryl methyl sites for hydroxylation is 2. The van der Waals surface area contributed by atoms with E-state index in [9.17, 15) is 9.59 Å². The molecule has 1 atom stereocenters. The minimum absolute atomic E-state index is 0.0787. The van der Waals surface area contributed by atoms with Gasteiger partial charge in [-0.05, 0) is 24.1 Å². The van der Waals surface area contributed by atoms with Gasteiger partial charge < -0.3 is 10.1 Å². The maximum atomic E-state index is 12.0. The predicted octanol–water partition coefficient (Wildman–Crippen LogP) is 2.15. The maximum Gasteiger partial charge on any atom is 0.416 e. The smallest absolute Gasteiger partial charge is 0.416 e. The van der Waals surface area contributed by atoms with Crippen molar-refractivity contribution in [3.05, 3.63) is 47.1 Å². The third kappa shape index (κ3) is 4.30. The minimum Gasteiger partial charge on any atom is -0.442 e. The molecule has 2 amide bonds. The van der Waals surface area contributed by atoms with Crippen molar-refractivity contribution >= 4 is 29.4 Å². The largest absolute Gasteiger partial charge is 0.442 e. The summed E-state index contributed by atoms with van der Waals surface area (Å²) in [4.78, 5) is 25.4. The standard InChI is InChI=1S/C17H19ClN4O3/c1-21-16(8-9-20-21)22-11-14(25-17(22)24)10-19-15(23)7-4-12-2-5-13(18)6-3-12/h2-3,5-6,8-9,14H,4,7,10-11H2,1H3,(H,19,23). The van der Waals surface area contributed by atoms with E-state index in [1.807, 2.05) is 12.1 Å². The molecule has 1 saturated heterocycles. The molecule has 3 rings (SSSR count). The van der Waals surface area contributed by atoms with Crippen molar-refractivity contribution < 1.29 is 14.3 Å². The van der Waals surface area contributed by atoms with Gasteiger partial charge in [0.1, 0.15) is 11.9 Å². The van der Waals surface area contributed by atoms with Crippen LogP contribution >= 0.6 is 11.6 Å². The first kappa shape index (κ1) is 17.3. The summed E-state index contributed by atoms with van der Waals surface area (Å²) in [5, 5.41) is 7.53. The average molecular weight is 363 g/mol. The van der Waals surface area contributed by atoms with E-state index >= 15 is 0 Å². The summed E-state index contributed by atoms with van der Waals surface area (Å²) >= 11 is 5.84. The second kappa shape index (κ2) is 7.57. The van der Waals surface area contributed by atoms with Crippen LogP contribution in [0.1, 0.15) is 12.0 Å². The number of carbonyl (C=O) groups excluding carboxylic acids is 2. The molecular weight excluding hydrogens is 344 g/mol. The molecule has 0 bridgehead atoms. The average Bonchev–Trinajstić information content (AvgIpc) is 3.17. The number of hydrogen-bond donors (Lipinski definition) is 1. The third-order valence-corrected chi connectivity index (χ3v) is 4.28. The van der Waals surface area contributed by atoms with Gasteiger partial charge in [-0.25, -0.2) is 4.79 Å². The Morgan fingerprint density at radius 2 is 2.12 bits per heavy atom. The van der Waals surface area contributed by atoms with Crippen molar-refractivity contribution in [1.29, 1.82) is 0 Å². The maximum absolute atomic E-state index is 12.0. The summed E-state index contributed by atoms with van der Waals surface area (Å²) in [6, 6.07) is 9.16. The van der Waals surface area contributed by atoms with Crippen molar-refractivity contribution in [1.82, 2.24) is 15.1 Å². The van der Waals surface area contributed by atoms with Crippen molar-refractivity contribution in [2.45, 2.75) is 18.9 Å². The first-order chi connectivity index (χ1) is 12.0. The van der Waals surface area contributed by atoms with Gasteiger partial charge in [-0.3, -0.25) is 14.4 Å². The van der Waals surface area contributed by atoms with E-state index in [0.717, 1.165) is 5.56 Å². The number of carbonyl (C=O) groups is 2. The highest BCUT2D eigenvalue weighted by atomic mass is 35.5. The van der Waals surface area contributed by atoms with Crippen LogP contribution in [0, 0.1) is 0 Å². The molecule has 2 heterocycles. The Morgan fingerprint density at radius 1 is 1.36 bits per heavy atom. The number of amides is 2. The van der Waals surface area contributed by atoms with Crippen molar-refractivity contribution in [2.75, 3.05) is 18.0 Å². The van der Waals surface area contributed by atoms with E-state index in [-0.39, 0.29) is 12.0 Å². The number of halogens is 1. The molecule has 0 spiro atoms. The molecule has 1 aliphatic heterocycles. The second-order valence-corrected chi connectivity index (χ2v) is 6.30. The van der Waals surface area contributed by atoms with E-state index in [0.29, 0.717) is 36.8 Å². The summed E-state index contributed by atoms with van der Waals surface area (Å²) in [6.45, 7) is 0.676. The number of aromatic nitrogens is 2. The number of anilines is 1. The highest BCUT2D eigenvalue weighted by Crippen LogP contribution is 2.20. The van der Waals surface area contributed by atoms with Gasteiger partial charge in [0, 0.05) is 24.6 Å². The Bertz CT molecular complexity index is 760. The van der Waals surface area contributed by atoms with Crippen LogP contribution in [0.25, 0.3) is 0 Å². The molecule has 1 unspecified atom stereocenters. The first-order valence-corrected chi connectivity index (χ1v) is 8.38. The predicted molar refractivity (Wildman–Crippen MR) is 93.6 cm³/mol. The number of benzene rings is 1. The fraction of sp³-hybridized carbons (Fsp3) is 0.353. The van der Waals surface area contributed by atoms with Gasteiger partial charge in [0.2, 0.25) is 5.91 Å². The van der Waals surface area contributed by atoms with Crippen LogP contribution in [0.5, 0.6) is 0 Å². The SMILES string of the molecule is Cn1nccc1N1CC(CNC(=O)CCc2ccc(Cl)cc2)OC1=O. The van der Waals surface area contributed by atoms with Gasteiger partial charge in [0.05, 0.1) is 19.3 Å². The normalized spacial score (nSPS) is 16.8. The fourth-order valence-corrected chi connectivity index (χ4v) is 2.80. The zero-order valence-corrected chi connectivity index (χ0v) is 14.6. The summed E-state index contributed by atoms with van der Waals surface area (Å²) in [7, 11) is 1.76. The molecule has 1 aromatic heterocycles.